The summed E-state index contributed by atoms with van der Waals surface area (Å²) < 4.78 is 18.4. The molecule has 14 heavy (non-hydrogen) atoms. The number of halogens is 2. The van der Waals surface area contributed by atoms with Gasteiger partial charge in [-0.1, -0.05) is 13.8 Å². The van der Waals surface area contributed by atoms with Crippen LogP contribution in [0.25, 0.3) is 0 Å². The van der Waals surface area contributed by atoms with Crippen LogP contribution in [0.1, 0.15) is 20.8 Å². The first kappa shape index (κ1) is 11.2. The van der Waals surface area contributed by atoms with Gasteiger partial charge in [0.2, 0.25) is 11.1 Å². The summed E-state index contributed by atoms with van der Waals surface area (Å²) in [6.45, 7) is 5.80. The minimum atomic E-state index is -0.595. The molecule has 0 fully saturated rings. The van der Waals surface area contributed by atoms with Gasteiger partial charge in [0.25, 0.3) is 5.88 Å². The number of hydrogen-bond acceptors (Lipinski definition) is 3. The van der Waals surface area contributed by atoms with Crippen molar-refractivity contribution in [2.24, 2.45) is 5.92 Å². The number of aromatic nitrogens is 2. The van der Waals surface area contributed by atoms with E-state index in [2.05, 4.69) is 9.97 Å². The number of ether oxygens (including phenoxy) is 1. The molecule has 3 nitrogen and oxygen atoms in total. The van der Waals surface area contributed by atoms with Crippen molar-refractivity contribution in [3.05, 3.63) is 17.3 Å². The van der Waals surface area contributed by atoms with Crippen molar-refractivity contribution >= 4 is 11.6 Å². The Hall–Kier alpha value is -0.900. The van der Waals surface area contributed by atoms with Gasteiger partial charge < -0.3 is 4.74 Å². The van der Waals surface area contributed by atoms with Gasteiger partial charge in [0, 0.05) is 0 Å². The lowest BCUT2D eigenvalue weighted by atomic mass is 10.1. The topological polar surface area (TPSA) is 35.0 Å². The molecule has 0 N–H and O–H groups in total. The van der Waals surface area contributed by atoms with Crippen LogP contribution in [-0.4, -0.2) is 16.1 Å². The summed E-state index contributed by atoms with van der Waals surface area (Å²) in [5, 5.41) is -0.0163. The molecule has 0 spiro atoms. The standard InChI is InChI=1S/C9H12ClFN2O/c1-5(2)6(3)14-8-7(11)4-12-9(10)13-8/h4-6H,1-3H3. The molecule has 0 amide bonds. The van der Waals surface area contributed by atoms with Crippen LogP contribution in [-0.2, 0) is 0 Å². The van der Waals surface area contributed by atoms with Crippen molar-refractivity contribution in [2.75, 3.05) is 0 Å². The Balaban J connectivity index is 2.80. The van der Waals surface area contributed by atoms with Crippen molar-refractivity contribution in [3.63, 3.8) is 0 Å². The maximum Gasteiger partial charge on any atom is 0.255 e. The summed E-state index contributed by atoms with van der Waals surface area (Å²) in [6, 6.07) is 0. The summed E-state index contributed by atoms with van der Waals surface area (Å²) in [5.41, 5.74) is 0. The summed E-state index contributed by atoms with van der Waals surface area (Å²) >= 11 is 5.51. The molecule has 1 atom stereocenters. The van der Waals surface area contributed by atoms with Gasteiger partial charge in [0.1, 0.15) is 6.10 Å². The molecule has 78 valence electrons. The van der Waals surface area contributed by atoms with E-state index in [0.717, 1.165) is 6.20 Å². The normalized spacial score (nSPS) is 13.0. The van der Waals surface area contributed by atoms with E-state index in [1.54, 1.807) is 0 Å². The van der Waals surface area contributed by atoms with E-state index in [4.69, 9.17) is 16.3 Å². The molecule has 0 aromatic carbocycles. The van der Waals surface area contributed by atoms with Crippen LogP contribution < -0.4 is 4.74 Å². The van der Waals surface area contributed by atoms with Crippen molar-refractivity contribution in [1.29, 1.82) is 0 Å². The Morgan fingerprint density at radius 2 is 2.07 bits per heavy atom. The van der Waals surface area contributed by atoms with E-state index in [1.807, 2.05) is 20.8 Å². The van der Waals surface area contributed by atoms with Crippen LogP contribution in [0.2, 0.25) is 5.28 Å². The minimum Gasteiger partial charge on any atom is -0.472 e. The van der Waals surface area contributed by atoms with Gasteiger partial charge in [-0.25, -0.2) is 4.98 Å². The van der Waals surface area contributed by atoms with E-state index in [1.165, 1.54) is 0 Å². The zero-order valence-corrected chi connectivity index (χ0v) is 9.05. The fourth-order valence-electron chi connectivity index (χ4n) is 0.726. The number of nitrogens with zero attached hydrogens (tertiary/aromatic N) is 2. The monoisotopic (exact) mass is 218 g/mol. The lowest BCUT2D eigenvalue weighted by Crippen LogP contribution is -2.20. The first-order chi connectivity index (χ1) is 6.50. The minimum absolute atomic E-state index is 0.0163. The van der Waals surface area contributed by atoms with E-state index in [-0.39, 0.29) is 23.2 Å². The van der Waals surface area contributed by atoms with Crippen LogP contribution in [0.5, 0.6) is 5.88 Å². The third kappa shape index (κ3) is 2.80. The third-order valence-electron chi connectivity index (χ3n) is 1.92. The maximum atomic E-state index is 13.1. The molecule has 1 unspecified atom stereocenters. The van der Waals surface area contributed by atoms with Gasteiger partial charge in [-0.05, 0) is 24.4 Å². The zero-order chi connectivity index (χ0) is 10.7. The lowest BCUT2D eigenvalue weighted by Gasteiger charge is -2.17. The smallest absolute Gasteiger partial charge is 0.255 e. The van der Waals surface area contributed by atoms with Crippen LogP contribution >= 0.6 is 11.6 Å². The fraction of sp³-hybridized carbons (Fsp3) is 0.556. The maximum absolute atomic E-state index is 13.1. The van der Waals surface area contributed by atoms with Gasteiger partial charge in [-0.2, -0.15) is 9.37 Å². The van der Waals surface area contributed by atoms with Gasteiger partial charge >= 0.3 is 0 Å². The summed E-state index contributed by atoms with van der Waals surface area (Å²) in [6.07, 6.45) is 0.882. The Kier molecular flexibility index (Phi) is 3.63. The Bertz CT molecular complexity index is 320. The highest BCUT2D eigenvalue weighted by atomic mass is 35.5. The SMILES string of the molecule is CC(C)C(C)Oc1nc(Cl)ncc1F. The molecule has 1 rings (SSSR count). The predicted molar refractivity (Wildman–Crippen MR) is 51.9 cm³/mol. The Morgan fingerprint density at radius 1 is 1.43 bits per heavy atom. The highest BCUT2D eigenvalue weighted by molar-refractivity contribution is 6.28. The van der Waals surface area contributed by atoms with Crippen molar-refractivity contribution < 1.29 is 9.13 Å². The van der Waals surface area contributed by atoms with E-state index in [0.29, 0.717) is 0 Å². The first-order valence-electron chi connectivity index (χ1n) is 4.35. The molecule has 0 radical (unpaired) electrons. The van der Waals surface area contributed by atoms with Gasteiger partial charge in [-0.3, -0.25) is 0 Å². The third-order valence-corrected chi connectivity index (χ3v) is 2.10. The highest BCUT2D eigenvalue weighted by Crippen LogP contribution is 2.18. The average molecular weight is 219 g/mol. The van der Waals surface area contributed by atoms with Gasteiger partial charge in [0.05, 0.1) is 6.20 Å². The molecule has 0 aliphatic heterocycles. The summed E-state index contributed by atoms with van der Waals surface area (Å²) in [4.78, 5) is 7.14. The van der Waals surface area contributed by atoms with E-state index < -0.39 is 5.82 Å². The van der Waals surface area contributed by atoms with Crippen molar-refractivity contribution in [3.8, 4) is 5.88 Å². The quantitative estimate of drug-likeness (QED) is 0.732. The molecule has 5 heteroatoms. The van der Waals surface area contributed by atoms with Crippen LogP contribution in [0.15, 0.2) is 6.20 Å². The van der Waals surface area contributed by atoms with Crippen molar-refractivity contribution in [1.82, 2.24) is 9.97 Å². The predicted octanol–water partition coefficient (Wildman–Crippen LogP) is 2.69. The largest absolute Gasteiger partial charge is 0.472 e. The lowest BCUT2D eigenvalue weighted by molar-refractivity contribution is 0.155. The second kappa shape index (κ2) is 4.55. The second-order valence-electron chi connectivity index (χ2n) is 3.36. The van der Waals surface area contributed by atoms with E-state index >= 15 is 0 Å². The number of rotatable bonds is 3. The summed E-state index contributed by atoms with van der Waals surface area (Å²) in [5.74, 6) is -0.406. The van der Waals surface area contributed by atoms with Crippen molar-refractivity contribution in [2.45, 2.75) is 26.9 Å². The average Bonchev–Trinajstić information content (AvgIpc) is 2.11. The fourth-order valence-corrected chi connectivity index (χ4v) is 0.852. The Labute approximate surface area is 87.3 Å². The van der Waals surface area contributed by atoms with Crippen LogP contribution in [0.3, 0.4) is 0 Å². The molecule has 0 bridgehead atoms. The Morgan fingerprint density at radius 3 is 2.64 bits per heavy atom. The molecular formula is C9H12ClFN2O. The van der Waals surface area contributed by atoms with Crippen LogP contribution in [0, 0.1) is 11.7 Å². The molecule has 0 aliphatic carbocycles. The molecule has 1 aromatic heterocycles. The van der Waals surface area contributed by atoms with Gasteiger partial charge in [-0.15, -0.1) is 0 Å². The highest BCUT2D eigenvalue weighted by Gasteiger charge is 2.13. The van der Waals surface area contributed by atoms with E-state index in [9.17, 15) is 4.39 Å². The molecular weight excluding hydrogens is 207 g/mol. The molecule has 0 saturated carbocycles. The summed E-state index contributed by atoms with van der Waals surface area (Å²) in [7, 11) is 0. The number of hydrogen-bond donors (Lipinski definition) is 0. The van der Waals surface area contributed by atoms with Crippen LogP contribution in [0.4, 0.5) is 4.39 Å². The second-order valence-corrected chi connectivity index (χ2v) is 3.70. The molecule has 0 saturated heterocycles. The molecule has 1 aromatic rings. The molecule has 0 aliphatic rings. The van der Waals surface area contributed by atoms with Gasteiger partial charge in [0.15, 0.2) is 0 Å². The zero-order valence-electron chi connectivity index (χ0n) is 8.29. The molecule has 1 heterocycles. The first-order valence-corrected chi connectivity index (χ1v) is 4.73.